The van der Waals surface area contributed by atoms with Crippen LogP contribution in [0, 0.1) is 0 Å². The van der Waals surface area contributed by atoms with E-state index < -0.39 is 11.7 Å². The summed E-state index contributed by atoms with van der Waals surface area (Å²) in [5.74, 6) is 0. The number of ether oxygens (including phenoxy) is 1. The maximum absolute atomic E-state index is 10.4. The van der Waals surface area contributed by atoms with Crippen molar-refractivity contribution < 1.29 is 9.84 Å². The number of hydrogen-bond donors (Lipinski definition) is 1. The second-order valence-corrected chi connectivity index (χ2v) is 3.99. The summed E-state index contributed by atoms with van der Waals surface area (Å²) in [6.07, 6.45) is 2.63. The fraction of sp³-hybridized carbons (Fsp3) is 0.750. The highest BCUT2D eigenvalue weighted by Crippen LogP contribution is 2.34. The molecule has 0 radical (unpaired) electrons. The average Bonchev–Trinajstić information content (AvgIpc) is 2.71. The zero-order chi connectivity index (χ0) is 12.2. The zero-order valence-corrected chi connectivity index (χ0v) is 10.6. The molecule has 0 aliphatic rings. The monoisotopic (exact) mass is 226 g/mol. The van der Waals surface area contributed by atoms with Gasteiger partial charge in [0.1, 0.15) is 6.10 Å². The van der Waals surface area contributed by atoms with Gasteiger partial charge in [-0.25, -0.2) is 0 Å². The van der Waals surface area contributed by atoms with Crippen molar-refractivity contribution in [3.05, 3.63) is 18.0 Å². The van der Waals surface area contributed by atoms with Crippen LogP contribution in [0.2, 0.25) is 0 Å². The molecule has 92 valence electrons. The number of aromatic nitrogens is 2. The Balaban J connectivity index is 2.99. The summed E-state index contributed by atoms with van der Waals surface area (Å²) in [5, 5.41) is 14.5. The minimum atomic E-state index is -0.630. The van der Waals surface area contributed by atoms with E-state index in [2.05, 4.69) is 5.10 Å². The first-order valence-corrected chi connectivity index (χ1v) is 5.91. The van der Waals surface area contributed by atoms with Crippen molar-refractivity contribution in [3.8, 4) is 0 Å². The third kappa shape index (κ3) is 2.28. The molecule has 1 heterocycles. The van der Waals surface area contributed by atoms with Crippen molar-refractivity contribution in [3.63, 3.8) is 0 Å². The van der Waals surface area contributed by atoms with E-state index >= 15 is 0 Å². The molecule has 0 aromatic carbocycles. The molecule has 16 heavy (non-hydrogen) atoms. The molecule has 4 nitrogen and oxygen atoms in total. The van der Waals surface area contributed by atoms with Gasteiger partial charge in [0, 0.05) is 19.9 Å². The Morgan fingerprint density at radius 3 is 2.44 bits per heavy atom. The van der Waals surface area contributed by atoms with Gasteiger partial charge in [0.05, 0.1) is 11.3 Å². The first-order chi connectivity index (χ1) is 7.61. The summed E-state index contributed by atoms with van der Waals surface area (Å²) in [5.41, 5.74) is 0.305. The minimum absolute atomic E-state index is 0.497. The minimum Gasteiger partial charge on any atom is -0.384 e. The van der Waals surface area contributed by atoms with E-state index in [-0.39, 0.29) is 0 Å². The topological polar surface area (TPSA) is 47.3 Å². The molecule has 1 atom stereocenters. The highest BCUT2D eigenvalue weighted by molar-refractivity contribution is 5.10. The highest BCUT2D eigenvalue weighted by Gasteiger charge is 2.37. The molecule has 0 bridgehead atoms. The van der Waals surface area contributed by atoms with Crippen LogP contribution in [0.5, 0.6) is 0 Å². The molecule has 1 aromatic rings. The van der Waals surface area contributed by atoms with Gasteiger partial charge < -0.3 is 9.84 Å². The Morgan fingerprint density at radius 1 is 1.44 bits per heavy atom. The predicted octanol–water partition coefficient (Wildman–Crippen LogP) is 2.05. The predicted molar refractivity (Wildman–Crippen MR) is 63.1 cm³/mol. The lowest BCUT2D eigenvalue weighted by Crippen LogP contribution is -2.39. The Kier molecular flexibility index (Phi) is 4.50. The molecule has 0 aliphatic carbocycles. The van der Waals surface area contributed by atoms with Crippen LogP contribution in [0.3, 0.4) is 0 Å². The van der Waals surface area contributed by atoms with Gasteiger partial charge in [-0.05, 0) is 25.8 Å². The number of aliphatic hydroxyl groups is 1. The molecule has 0 aliphatic heterocycles. The number of hydrogen-bond acceptors (Lipinski definition) is 3. The average molecular weight is 226 g/mol. The van der Waals surface area contributed by atoms with Gasteiger partial charge >= 0.3 is 0 Å². The summed E-state index contributed by atoms with van der Waals surface area (Å²) in [6, 6.07) is 1.84. The van der Waals surface area contributed by atoms with Crippen LogP contribution >= 0.6 is 0 Å². The molecule has 0 saturated carbocycles. The SMILES string of the molecule is CCOC(CC)(CC)C(O)c1ccnn1C. The fourth-order valence-corrected chi connectivity index (χ4v) is 2.13. The molecular weight excluding hydrogens is 204 g/mol. The first-order valence-electron chi connectivity index (χ1n) is 5.91. The Morgan fingerprint density at radius 2 is 2.06 bits per heavy atom. The van der Waals surface area contributed by atoms with Crippen LogP contribution in [0.4, 0.5) is 0 Å². The Bertz CT molecular complexity index is 319. The van der Waals surface area contributed by atoms with E-state index in [4.69, 9.17) is 4.74 Å². The lowest BCUT2D eigenvalue weighted by atomic mass is 9.88. The molecule has 1 unspecified atom stereocenters. The molecule has 0 amide bonds. The van der Waals surface area contributed by atoms with Crippen molar-refractivity contribution in [2.24, 2.45) is 7.05 Å². The first kappa shape index (κ1) is 13.2. The van der Waals surface area contributed by atoms with Crippen LogP contribution in [-0.2, 0) is 11.8 Å². The van der Waals surface area contributed by atoms with Gasteiger partial charge in [0.25, 0.3) is 0 Å². The maximum Gasteiger partial charge on any atom is 0.124 e. The molecule has 0 fully saturated rings. The lowest BCUT2D eigenvalue weighted by Gasteiger charge is -2.36. The summed E-state index contributed by atoms with van der Waals surface area (Å²) in [4.78, 5) is 0. The molecule has 1 N–H and O–H groups in total. The second-order valence-electron chi connectivity index (χ2n) is 3.99. The Hall–Kier alpha value is -0.870. The van der Waals surface area contributed by atoms with Crippen molar-refractivity contribution in [2.45, 2.75) is 45.3 Å². The van der Waals surface area contributed by atoms with Crippen molar-refractivity contribution in [1.82, 2.24) is 9.78 Å². The van der Waals surface area contributed by atoms with Gasteiger partial charge in [-0.3, -0.25) is 4.68 Å². The van der Waals surface area contributed by atoms with Gasteiger partial charge in [-0.2, -0.15) is 5.10 Å². The zero-order valence-electron chi connectivity index (χ0n) is 10.6. The number of aliphatic hydroxyl groups excluding tert-OH is 1. The van der Waals surface area contributed by atoms with E-state index in [1.54, 1.807) is 10.9 Å². The normalized spacial score (nSPS) is 14.1. The number of nitrogens with zero attached hydrogens (tertiary/aromatic N) is 2. The van der Waals surface area contributed by atoms with Gasteiger partial charge in [-0.1, -0.05) is 13.8 Å². The second kappa shape index (κ2) is 5.46. The van der Waals surface area contributed by atoms with E-state index in [1.165, 1.54) is 0 Å². The van der Waals surface area contributed by atoms with Crippen LogP contribution in [0.25, 0.3) is 0 Å². The molecule has 1 aromatic heterocycles. The van der Waals surface area contributed by atoms with Crippen molar-refractivity contribution >= 4 is 0 Å². The summed E-state index contributed by atoms with van der Waals surface area (Å²) >= 11 is 0. The van der Waals surface area contributed by atoms with Gasteiger partial charge in [0.15, 0.2) is 0 Å². The number of rotatable bonds is 6. The molecule has 0 spiro atoms. The maximum atomic E-state index is 10.4. The third-order valence-corrected chi connectivity index (χ3v) is 3.27. The Labute approximate surface area is 97.2 Å². The third-order valence-electron chi connectivity index (χ3n) is 3.27. The van der Waals surface area contributed by atoms with Crippen LogP contribution in [-0.4, -0.2) is 27.1 Å². The van der Waals surface area contributed by atoms with Crippen LogP contribution in [0.1, 0.15) is 45.4 Å². The van der Waals surface area contributed by atoms with Gasteiger partial charge in [-0.15, -0.1) is 0 Å². The van der Waals surface area contributed by atoms with Crippen molar-refractivity contribution in [2.75, 3.05) is 6.61 Å². The van der Waals surface area contributed by atoms with Gasteiger partial charge in [0.2, 0.25) is 0 Å². The van der Waals surface area contributed by atoms with E-state index in [9.17, 15) is 5.11 Å². The van der Waals surface area contributed by atoms with Crippen LogP contribution in [0.15, 0.2) is 12.3 Å². The summed E-state index contributed by atoms with van der Waals surface area (Å²) < 4.78 is 7.48. The fourth-order valence-electron chi connectivity index (χ4n) is 2.13. The number of aryl methyl sites for hydroxylation is 1. The summed E-state index contributed by atoms with van der Waals surface area (Å²) in [7, 11) is 1.83. The smallest absolute Gasteiger partial charge is 0.124 e. The van der Waals surface area contributed by atoms with E-state index in [0.29, 0.717) is 6.61 Å². The largest absolute Gasteiger partial charge is 0.384 e. The standard InChI is InChI=1S/C12H22N2O2/c1-5-12(6-2,16-7-3)11(15)10-8-9-13-14(10)4/h8-9,11,15H,5-7H2,1-4H3. The lowest BCUT2D eigenvalue weighted by molar-refractivity contribution is -0.129. The van der Waals surface area contributed by atoms with E-state index in [1.807, 2.05) is 33.9 Å². The molecule has 1 rings (SSSR count). The highest BCUT2D eigenvalue weighted by atomic mass is 16.5. The van der Waals surface area contributed by atoms with E-state index in [0.717, 1.165) is 18.5 Å². The molecular formula is C12H22N2O2. The quantitative estimate of drug-likeness (QED) is 0.807. The molecule has 4 heteroatoms. The van der Waals surface area contributed by atoms with Crippen molar-refractivity contribution in [1.29, 1.82) is 0 Å². The molecule has 0 saturated heterocycles. The van der Waals surface area contributed by atoms with Crippen LogP contribution < -0.4 is 0 Å². The summed E-state index contributed by atoms with van der Waals surface area (Å²) in [6.45, 7) is 6.64.